The molecule has 0 fully saturated rings. The third-order valence-electron chi connectivity index (χ3n) is 13.4. The average Bonchev–Trinajstić information content (AvgIpc) is 3.84. The summed E-state index contributed by atoms with van der Waals surface area (Å²) in [6.07, 6.45) is 0. The van der Waals surface area contributed by atoms with Crippen molar-refractivity contribution >= 4 is 65.6 Å². The molecule has 2 nitrogen and oxygen atoms in total. The fraction of sp³-hybridized carbons (Fsp3) is 0.0164. The smallest absolute Gasteiger partial charge is 0.0727 e. The molecule has 10 aromatic carbocycles. The Kier molecular flexibility index (Phi) is 8.34. The van der Waals surface area contributed by atoms with Crippen LogP contribution in [0.2, 0.25) is 0 Å². The van der Waals surface area contributed by atoms with Crippen LogP contribution in [0, 0.1) is 0 Å². The SMILES string of the molecule is c1ccc(N(c2ccccc2)c2ccc3c(c2)C2(c4cc(N(c5ccccc5)c5ccccc5)ccc4-c4ccccc4-3)c3ccccc3-c3cc4c(cc32)sc2ccccc24)cc1. The van der Waals surface area contributed by atoms with Crippen molar-refractivity contribution in [3.05, 3.63) is 265 Å². The first-order chi connectivity index (χ1) is 31.8. The Labute approximate surface area is 377 Å². The van der Waals surface area contributed by atoms with Gasteiger partial charge in [-0.25, -0.2) is 0 Å². The van der Waals surface area contributed by atoms with Crippen LogP contribution in [0.1, 0.15) is 22.3 Å². The Morgan fingerprint density at radius 2 is 0.656 bits per heavy atom. The predicted molar refractivity (Wildman–Crippen MR) is 270 cm³/mol. The van der Waals surface area contributed by atoms with Crippen molar-refractivity contribution in [2.75, 3.05) is 9.80 Å². The van der Waals surface area contributed by atoms with Crippen molar-refractivity contribution in [3.8, 4) is 33.4 Å². The van der Waals surface area contributed by atoms with Crippen LogP contribution in [-0.4, -0.2) is 0 Å². The molecule has 0 bridgehead atoms. The number of rotatable bonds is 6. The highest BCUT2D eigenvalue weighted by atomic mass is 32.1. The third-order valence-corrected chi connectivity index (χ3v) is 14.6. The molecule has 13 rings (SSSR count). The fourth-order valence-electron chi connectivity index (χ4n) is 10.8. The summed E-state index contributed by atoms with van der Waals surface area (Å²) in [6, 6.07) is 89.9. The zero-order chi connectivity index (χ0) is 42.2. The summed E-state index contributed by atoms with van der Waals surface area (Å²) in [5.41, 5.74) is 18.6. The average molecular weight is 833 g/mol. The number of benzene rings is 10. The van der Waals surface area contributed by atoms with E-state index in [-0.39, 0.29) is 0 Å². The lowest BCUT2D eigenvalue weighted by atomic mass is 9.65. The maximum atomic E-state index is 2.55. The molecule has 0 saturated heterocycles. The lowest BCUT2D eigenvalue weighted by Gasteiger charge is -2.37. The van der Waals surface area contributed by atoms with E-state index < -0.39 is 5.41 Å². The van der Waals surface area contributed by atoms with Crippen LogP contribution in [0.3, 0.4) is 0 Å². The van der Waals surface area contributed by atoms with Crippen LogP contribution in [0.5, 0.6) is 0 Å². The van der Waals surface area contributed by atoms with Crippen molar-refractivity contribution in [3.63, 3.8) is 0 Å². The minimum absolute atomic E-state index is 0.718. The van der Waals surface area contributed by atoms with Gasteiger partial charge in [-0.15, -0.1) is 11.3 Å². The number of hydrogen-bond donors (Lipinski definition) is 0. The van der Waals surface area contributed by atoms with Gasteiger partial charge in [0.1, 0.15) is 0 Å². The lowest BCUT2D eigenvalue weighted by Crippen LogP contribution is -2.30. The number of thiophene rings is 1. The van der Waals surface area contributed by atoms with Crippen molar-refractivity contribution in [2.45, 2.75) is 5.41 Å². The van der Waals surface area contributed by atoms with E-state index in [1.165, 1.54) is 75.8 Å². The highest BCUT2D eigenvalue weighted by Gasteiger charge is 2.50. The van der Waals surface area contributed by atoms with Crippen molar-refractivity contribution in [2.24, 2.45) is 0 Å². The van der Waals surface area contributed by atoms with E-state index in [0.29, 0.717) is 0 Å². The lowest BCUT2D eigenvalue weighted by molar-refractivity contribution is 0.776. The highest BCUT2D eigenvalue weighted by molar-refractivity contribution is 7.25. The van der Waals surface area contributed by atoms with Gasteiger partial charge in [0, 0.05) is 54.3 Å². The summed E-state index contributed by atoms with van der Waals surface area (Å²) in [5, 5.41) is 2.62. The number of fused-ring (bicyclic) bond motifs is 15. The molecule has 1 aromatic heterocycles. The van der Waals surface area contributed by atoms with Crippen LogP contribution < -0.4 is 9.80 Å². The van der Waals surface area contributed by atoms with Gasteiger partial charge in [-0.2, -0.15) is 0 Å². The number of anilines is 6. The molecule has 2 aliphatic carbocycles. The van der Waals surface area contributed by atoms with Gasteiger partial charge in [0.05, 0.1) is 5.41 Å². The Morgan fingerprint density at radius 3 is 1.17 bits per heavy atom. The Bertz CT molecular complexity index is 3330. The minimum Gasteiger partial charge on any atom is -0.310 e. The zero-order valence-electron chi connectivity index (χ0n) is 34.9. The quantitative estimate of drug-likeness (QED) is 0.165. The molecular formula is C61H40N2S. The molecule has 0 radical (unpaired) electrons. The van der Waals surface area contributed by atoms with Gasteiger partial charge in [0.15, 0.2) is 0 Å². The number of hydrogen-bond acceptors (Lipinski definition) is 3. The van der Waals surface area contributed by atoms with Gasteiger partial charge in [0.25, 0.3) is 0 Å². The first-order valence-electron chi connectivity index (χ1n) is 22.0. The summed E-state index contributed by atoms with van der Waals surface area (Å²) in [7, 11) is 0. The third kappa shape index (κ3) is 5.44. The predicted octanol–water partition coefficient (Wildman–Crippen LogP) is 17.0. The van der Waals surface area contributed by atoms with Crippen LogP contribution in [-0.2, 0) is 5.41 Å². The van der Waals surface area contributed by atoms with E-state index in [9.17, 15) is 0 Å². The van der Waals surface area contributed by atoms with Gasteiger partial charge >= 0.3 is 0 Å². The second kappa shape index (κ2) is 14.6. The second-order valence-electron chi connectivity index (χ2n) is 16.8. The van der Waals surface area contributed by atoms with Gasteiger partial charge < -0.3 is 9.80 Å². The monoisotopic (exact) mass is 832 g/mol. The topological polar surface area (TPSA) is 6.48 Å². The summed E-state index contributed by atoms with van der Waals surface area (Å²) in [5.74, 6) is 0. The Morgan fingerprint density at radius 1 is 0.250 bits per heavy atom. The van der Waals surface area contributed by atoms with E-state index in [0.717, 1.165) is 34.1 Å². The van der Waals surface area contributed by atoms with Crippen LogP contribution in [0.25, 0.3) is 53.6 Å². The molecule has 0 aliphatic heterocycles. The van der Waals surface area contributed by atoms with Gasteiger partial charge in [-0.05, 0) is 147 Å². The van der Waals surface area contributed by atoms with Crippen LogP contribution >= 0.6 is 11.3 Å². The zero-order valence-corrected chi connectivity index (χ0v) is 35.7. The van der Waals surface area contributed by atoms with Crippen molar-refractivity contribution in [1.82, 2.24) is 0 Å². The van der Waals surface area contributed by atoms with Crippen molar-refractivity contribution < 1.29 is 0 Å². The van der Waals surface area contributed by atoms with E-state index in [1.54, 1.807) is 0 Å². The molecule has 0 atom stereocenters. The second-order valence-corrected chi connectivity index (χ2v) is 17.9. The maximum Gasteiger partial charge on any atom is 0.0727 e. The minimum atomic E-state index is -0.718. The summed E-state index contributed by atoms with van der Waals surface area (Å²) in [4.78, 5) is 4.82. The normalized spacial score (nSPS) is 12.8. The first kappa shape index (κ1) is 36.7. The summed E-state index contributed by atoms with van der Waals surface area (Å²) in [6.45, 7) is 0. The summed E-state index contributed by atoms with van der Waals surface area (Å²) < 4.78 is 2.61. The molecule has 300 valence electrons. The van der Waals surface area contributed by atoms with Crippen molar-refractivity contribution in [1.29, 1.82) is 0 Å². The van der Waals surface area contributed by atoms with E-state index in [4.69, 9.17) is 0 Å². The molecule has 0 unspecified atom stereocenters. The first-order valence-corrected chi connectivity index (χ1v) is 22.8. The number of para-hydroxylation sites is 4. The van der Waals surface area contributed by atoms with Gasteiger partial charge in [-0.1, -0.05) is 152 Å². The maximum absolute atomic E-state index is 2.55. The Balaban J connectivity index is 1.20. The van der Waals surface area contributed by atoms with Crippen LogP contribution in [0.4, 0.5) is 34.1 Å². The molecule has 64 heavy (non-hydrogen) atoms. The fourth-order valence-corrected chi connectivity index (χ4v) is 11.9. The molecule has 2 aliphatic rings. The molecule has 1 spiro atoms. The molecular weight excluding hydrogens is 793 g/mol. The molecule has 1 heterocycles. The molecule has 0 amide bonds. The van der Waals surface area contributed by atoms with Gasteiger partial charge in [-0.3, -0.25) is 0 Å². The van der Waals surface area contributed by atoms with E-state index in [2.05, 4.69) is 252 Å². The Hall–Kier alpha value is -7.98. The molecule has 11 aromatic rings. The van der Waals surface area contributed by atoms with E-state index in [1.807, 2.05) is 11.3 Å². The standard InChI is InChI=1S/C61H40N2S/c1-5-19-41(20-6-1)62(42-21-7-2-8-22-42)45-33-35-50-47-27-13-14-28-48(47)51-36-34-46(63(43-23-9-3-10-24-43)44-25-11-4-12-26-44)38-57(51)61(56(50)37-45)55-31-17-15-29-49(55)53-39-54-52-30-16-18-32-59(52)64-60(54)40-58(53)61/h1-40H. The molecule has 0 N–H and O–H groups in total. The largest absolute Gasteiger partial charge is 0.310 e. The van der Waals surface area contributed by atoms with Crippen LogP contribution in [0.15, 0.2) is 243 Å². The number of nitrogens with zero attached hydrogens (tertiary/aromatic N) is 2. The molecule has 3 heteroatoms. The van der Waals surface area contributed by atoms with E-state index >= 15 is 0 Å². The van der Waals surface area contributed by atoms with Gasteiger partial charge in [0.2, 0.25) is 0 Å². The molecule has 0 saturated carbocycles. The highest BCUT2D eigenvalue weighted by Crippen LogP contribution is 2.63. The summed E-state index contributed by atoms with van der Waals surface area (Å²) >= 11 is 1.90.